The van der Waals surface area contributed by atoms with Crippen LogP contribution in [0.15, 0.2) is 30.9 Å². The first kappa shape index (κ1) is 45.2. The van der Waals surface area contributed by atoms with E-state index in [4.69, 9.17) is 0 Å². The minimum atomic E-state index is 0. The second-order valence-corrected chi connectivity index (χ2v) is 2.09. The van der Waals surface area contributed by atoms with Crippen molar-refractivity contribution in [3.05, 3.63) is 74.1 Å². The molecule has 0 aliphatic heterocycles. The Morgan fingerprint density at radius 3 is 1.67 bits per heavy atom. The first-order valence-corrected chi connectivity index (χ1v) is 3.92. The van der Waals surface area contributed by atoms with Crippen molar-refractivity contribution in [1.82, 2.24) is 0 Å². The summed E-state index contributed by atoms with van der Waals surface area (Å²) in [4.78, 5) is 0. The molecular weight excluding hydrogens is 284 g/mol. The maximum Gasteiger partial charge on any atom is 0.0209 e. The van der Waals surface area contributed by atoms with Gasteiger partial charge in [-0.25, -0.2) is 12.2 Å². The van der Waals surface area contributed by atoms with Gasteiger partial charge in [0.05, 0.1) is 0 Å². The van der Waals surface area contributed by atoms with E-state index in [1.165, 1.54) is 0 Å². The summed E-state index contributed by atoms with van der Waals surface area (Å²) in [6, 6.07) is 0. The molecule has 1 aliphatic rings. The van der Waals surface area contributed by atoms with Crippen LogP contribution in [-0.2, 0) is 21.7 Å². The van der Waals surface area contributed by atoms with Crippen LogP contribution in [0.3, 0.4) is 0 Å². The fraction of sp³-hybridized carbons (Fsp3) is 0.154. The summed E-state index contributed by atoms with van der Waals surface area (Å²) in [5.41, 5.74) is 0. The van der Waals surface area contributed by atoms with Crippen molar-refractivity contribution >= 4 is 15.9 Å². The number of rotatable bonds is 1. The van der Waals surface area contributed by atoms with Gasteiger partial charge in [0.15, 0.2) is 0 Å². The van der Waals surface area contributed by atoms with Crippen molar-refractivity contribution in [2.24, 2.45) is 0 Å². The van der Waals surface area contributed by atoms with Crippen molar-refractivity contribution in [3.8, 4) is 0 Å². The molecule has 0 saturated heterocycles. The summed E-state index contributed by atoms with van der Waals surface area (Å²) in [6.07, 6.45) is 11.8. The Morgan fingerprint density at radius 2 is 1.60 bits per heavy atom. The number of hydrogen-bond donors (Lipinski definition) is 0. The van der Waals surface area contributed by atoms with Gasteiger partial charge in [-0.15, -0.1) is 13.0 Å². The average molecular weight is 309 g/mol. The van der Waals surface area contributed by atoms with Gasteiger partial charge < -0.3 is 37.1 Å². The fourth-order valence-corrected chi connectivity index (χ4v) is 0.340. The summed E-state index contributed by atoms with van der Waals surface area (Å²) >= 11 is 3.13. The van der Waals surface area contributed by atoms with E-state index in [1.54, 1.807) is 6.08 Å². The maximum absolute atomic E-state index is 3.43. The van der Waals surface area contributed by atoms with Crippen LogP contribution in [0.25, 0.3) is 0 Å². The molecule has 0 fully saturated rings. The molecule has 0 amide bonds. The topological polar surface area (TPSA) is 0 Å². The molecule has 0 aromatic carbocycles. The van der Waals surface area contributed by atoms with Gasteiger partial charge >= 0.3 is 0 Å². The quantitative estimate of drug-likeness (QED) is 0.273. The molecule has 0 spiro atoms. The predicted molar refractivity (Wildman–Crippen MR) is 77.6 cm³/mol. The van der Waals surface area contributed by atoms with Gasteiger partial charge in [-0.2, -0.15) is 6.08 Å². The Hall–Kier alpha value is 0.414. The molecule has 0 heterocycles. The van der Waals surface area contributed by atoms with Crippen LogP contribution < -0.4 is 0 Å². The standard InChI is InChI=1S/C5H5.C3H5Br.5CH3.Ti/c1-2-4-5-3-1;1-2-3-4;;;;;;/h1-3H,4H2;2H,1,3H2;5*1H3;/q-1;;5*-1;. The molecule has 0 radical (unpaired) electrons. The zero-order chi connectivity index (χ0) is 6.95. The third-order valence-electron chi connectivity index (χ3n) is 0.695. The third kappa shape index (κ3) is 54.0. The van der Waals surface area contributed by atoms with Gasteiger partial charge in [-0.3, -0.25) is 6.08 Å². The van der Waals surface area contributed by atoms with Gasteiger partial charge in [0.1, 0.15) is 0 Å². The molecule has 0 unspecified atom stereocenters. The Kier molecular flexibility index (Phi) is 142. The van der Waals surface area contributed by atoms with Crippen molar-refractivity contribution in [2.75, 3.05) is 5.33 Å². The fourth-order valence-electron chi connectivity index (χ4n) is 0.340. The van der Waals surface area contributed by atoms with Gasteiger partial charge in [-0.1, -0.05) is 22.0 Å². The van der Waals surface area contributed by atoms with Crippen molar-refractivity contribution < 1.29 is 21.7 Å². The normalized spacial score (nSPS) is 7.53. The van der Waals surface area contributed by atoms with E-state index in [1.807, 2.05) is 12.2 Å². The smallest absolute Gasteiger partial charge is 0.0209 e. The van der Waals surface area contributed by atoms with Gasteiger partial charge in [0.2, 0.25) is 0 Å². The molecule has 0 N–H and O–H groups in total. The first-order valence-electron chi connectivity index (χ1n) is 2.80. The van der Waals surface area contributed by atoms with E-state index in [0.29, 0.717) is 0 Å². The van der Waals surface area contributed by atoms with Crippen LogP contribution in [0.4, 0.5) is 0 Å². The van der Waals surface area contributed by atoms with Crippen LogP contribution >= 0.6 is 15.9 Å². The molecule has 15 heavy (non-hydrogen) atoms. The minimum Gasteiger partial charge on any atom is -0.358 e. The number of allylic oxidation sites excluding steroid dienone is 5. The molecule has 0 bridgehead atoms. The second kappa shape index (κ2) is 47.2. The third-order valence-corrected chi connectivity index (χ3v) is 1.15. The van der Waals surface area contributed by atoms with E-state index < -0.39 is 0 Å². The van der Waals surface area contributed by atoms with Gasteiger partial charge in [0.25, 0.3) is 0 Å². The largest absolute Gasteiger partial charge is 0.358 e. The van der Waals surface area contributed by atoms with E-state index in [2.05, 4.69) is 34.7 Å². The number of alkyl halides is 1. The van der Waals surface area contributed by atoms with Crippen LogP contribution in [0.1, 0.15) is 6.42 Å². The first-order chi connectivity index (χ1) is 4.41. The van der Waals surface area contributed by atoms with Gasteiger partial charge in [-0.05, 0) is 0 Å². The average Bonchev–Trinajstić information content (AvgIpc) is 2.43. The van der Waals surface area contributed by atoms with Crippen LogP contribution in [-0.4, -0.2) is 5.33 Å². The van der Waals surface area contributed by atoms with Crippen LogP contribution in [0.2, 0.25) is 0 Å². The maximum atomic E-state index is 3.43. The molecular formula is C13H25BrTi-6. The summed E-state index contributed by atoms with van der Waals surface area (Å²) in [5.74, 6) is 0. The Bertz CT molecular complexity index is 108. The number of halogens is 1. The summed E-state index contributed by atoms with van der Waals surface area (Å²) in [5, 5.41) is 0.896. The van der Waals surface area contributed by atoms with Crippen LogP contribution in [0, 0.1) is 43.2 Å². The summed E-state index contributed by atoms with van der Waals surface area (Å²) in [6.45, 7) is 3.43. The monoisotopic (exact) mass is 308 g/mol. The van der Waals surface area contributed by atoms with Crippen molar-refractivity contribution in [1.29, 1.82) is 0 Å². The summed E-state index contributed by atoms with van der Waals surface area (Å²) in [7, 11) is 0. The number of hydrogen-bond acceptors (Lipinski definition) is 0. The predicted octanol–water partition coefficient (Wildman–Crippen LogP) is 5.12. The molecule has 94 valence electrons. The van der Waals surface area contributed by atoms with E-state index in [-0.39, 0.29) is 58.9 Å². The minimum absolute atomic E-state index is 0. The van der Waals surface area contributed by atoms with E-state index in [9.17, 15) is 0 Å². The van der Waals surface area contributed by atoms with Crippen LogP contribution in [0.5, 0.6) is 0 Å². The van der Waals surface area contributed by atoms with Crippen molar-refractivity contribution in [3.63, 3.8) is 0 Å². The molecule has 0 atom stereocenters. The molecule has 0 saturated carbocycles. The van der Waals surface area contributed by atoms with Crippen molar-refractivity contribution in [2.45, 2.75) is 6.42 Å². The van der Waals surface area contributed by atoms with E-state index in [0.717, 1.165) is 11.8 Å². The molecule has 0 aromatic heterocycles. The SMILES string of the molecule is C=CCBr.[C-]1=CC=CC1.[CH3-].[CH3-].[CH3-].[CH3-].[CH3-].[Ti]. The Balaban J connectivity index is -0.0000000124. The molecule has 0 nitrogen and oxygen atoms in total. The molecule has 1 rings (SSSR count). The molecule has 0 aromatic rings. The Labute approximate surface area is 123 Å². The zero-order valence-electron chi connectivity index (χ0n) is 10.8. The second-order valence-electron chi connectivity index (χ2n) is 1.45. The Morgan fingerprint density at radius 1 is 1.20 bits per heavy atom. The van der Waals surface area contributed by atoms with E-state index >= 15 is 0 Å². The molecule has 2 heteroatoms. The summed E-state index contributed by atoms with van der Waals surface area (Å²) < 4.78 is 0. The molecule has 1 aliphatic carbocycles. The van der Waals surface area contributed by atoms with Gasteiger partial charge in [0, 0.05) is 27.0 Å². The zero-order valence-corrected chi connectivity index (χ0v) is 14.0.